The molecule has 0 fully saturated rings. The quantitative estimate of drug-likeness (QED) is 0.784. The Hall–Kier alpha value is -1.55. The minimum Gasteiger partial charge on any atom is -0.472 e. The van der Waals surface area contributed by atoms with Crippen LogP contribution in [-0.4, -0.2) is 17.0 Å². The van der Waals surface area contributed by atoms with Gasteiger partial charge in [-0.05, 0) is 19.4 Å². The zero-order valence-corrected chi connectivity index (χ0v) is 12.2. The van der Waals surface area contributed by atoms with Gasteiger partial charge in [-0.1, -0.05) is 18.5 Å². The van der Waals surface area contributed by atoms with Gasteiger partial charge in [0.05, 0.1) is 12.5 Å². The monoisotopic (exact) mass is 279 g/mol. The Morgan fingerprint density at radius 2 is 2.16 bits per heavy atom. The molecule has 0 spiro atoms. The molecule has 2 rings (SSSR count). The summed E-state index contributed by atoms with van der Waals surface area (Å²) in [6, 6.07) is 1.95. The predicted octanol–water partition coefficient (Wildman–Crippen LogP) is 3.62. The van der Waals surface area contributed by atoms with Crippen LogP contribution in [0.3, 0.4) is 0 Å². The second-order valence-corrected chi connectivity index (χ2v) is 4.97. The second kappa shape index (κ2) is 6.06. The Bertz CT molecular complexity index is 540. The Kier molecular flexibility index (Phi) is 4.43. The average molecular weight is 280 g/mol. The van der Waals surface area contributed by atoms with Crippen molar-refractivity contribution in [3.8, 4) is 0 Å². The average Bonchev–Trinajstić information content (AvgIpc) is 2.86. The van der Waals surface area contributed by atoms with Crippen LogP contribution in [0.2, 0.25) is 5.15 Å². The molecule has 0 saturated carbocycles. The smallest absolute Gasteiger partial charge is 0.137 e. The summed E-state index contributed by atoms with van der Waals surface area (Å²) >= 11 is 6.18. The van der Waals surface area contributed by atoms with Crippen LogP contribution in [0, 0.1) is 6.92 Å². The number of anilines is 1. The van der Waals surface area contributed by atoms with Crippen molar-refractivity contribution in [3.05, 3.63) is 40.7 Å². The Labute approximate surface area is 118 Å². The number of rotatable bonds is 5. The van der Waals surface area contributed by atoms with Crippen molar-refractivity contribution in [3.63, 3.8) is 0 Å². The maximum absolute atomic E-state index is 6.18. The lowest BCUT2D eigenvalue weighted by Crippen LogP contribution is -2.20. The number of halogens is 1. The lowest BCUT2D eigenvalue weighted by Gasteiger charge is -2.20. The molecule has 0 aliphatic heterocycles. The van der Waals surface area contributed by atoms with Crippen LogP contribution >= 0.6 is 11.6 Å². The van der Waals surface area contributed by atoms with Gasteiger partial charge in [0, 0.05) is 31.1 Å². The number of aromatic nitrogens is 2. The van der Waals surface area contributed by atoms with E-state index in [1.165, 1.54) is 0 Å². The molecular weight excluding hydrogens is 262 g/mol. The van der Waals surface area contributed by atoms with Crippen molar-refractivity contribution in [2.75, 3.05) is 11.9 Å². The van der Waals surface area contributed by atoms with Crippen molar-refractivity contribution < 1.29 is 4.42 Å². The number of furan rings is 1. The summed E-state index contributed by atoms with van der Waals surface area (Å²) in [4.78, 5) is 11.0. The van der Waals surface area contributed by atoms with Gasteiger partial charge in [-0.25, -0.2) is 9.97 Å². The molecular formula is C14H18ClN3O. The van der Waals surface area contributed by atoms with Crippen LogP contribution in [0.4, 0.5) is 5.82 Å². The van der Waals surface area contributed by atoms with Gasteiger partial charge >= 0.3 is 0 Å². The molecule has 0 unspecified atom stereocenters. The van der Waals surface area contributed by atoms with E-state index in [1.54, 1.807) is 12.5 Å². The predicted molar refractivity (Wildman–Crippen MR) is 76.6 cm³/mol. The second-order valence-electron chi connectivity index (χ2n) is 4.62. The maximum atomic E-state index is 6.18. The van der Waals surface area contributed by atoms with Gasteiger partial charge in [-0.2, -0.15) is 0 Å². The lowest BCUT2D eigenvalue weighted by atomic mass is 10.2. The standard InChI is InChI=1S/C14H18ClN3O/c1-4-5-12-16-13(15)10(2)14(17-12)18(3)8-11-6-7-19-9-11/h6-7,9H,4-5,8H2,1-3H3. The first-order chi connectivity index (χ1) is 9.11. The van der Waals surface area contributed by atoms with Crippen LogP contribution in [0.5, 0.6) is 0 Å². The fourth-order valence-electron chi connectivity index (χ4n) is 1.96. The fraction of sp³-hybridized carbons (Fsp3) is 0.429. The van der Waals surface area contributed by atoms with E-state index in [4.69, 9.17) is 16.0 Å². The van der Waals surface area contributed by atoms with Crippen molar-refractivity contribution in [1.82, 2.24) is 9.97 Å². The molecule has 0 bridgehead atoms. The van der Waals surface area contributed by atoms with Gasteiger partial charge in [0.25, 0.3) is 0 Å². The van der Waals surface area contributed by atoms with E-state index in [1.807, 2.05) is 20.0 Å². The first-order valence-corrected chi connectivity index (χ1v) is 6.74. The van der Waals surface area contributed by atoms with Gasteiger partial charge in [-0.3, -0.25) is 0 Å². The Morgan fingerprint density at radius 3 is 2.79 bits per heavy atom. The number of hydrogen-bond acceptors (Lipinski definition) is 4. The lowest BCUT2D eigenvalue weighted by molar-refractivity contribution is 0.563. The van der Waals surface area contributed by atoms with E-state index in [2.05, 4.69) is 21.8 Å². The highest BCUT2D eigenvalue weighted by atomic mass is 35.5. The third kappa shape index (κ3) is 3.26. The van der Waals surface area contributed by atoms with E-state index in [0.29, 0.717) is 5.15 Å². The third-order valence-electron chi connectivity index (χ3n) is 2.94. The molecule has 5 heteroatoms. The maximum Gasteiger partial charge on any atom is 0.137 e. The zero-order valence-electron chi connectivity index (χ0n) is 11.5. The molecule has 0 radical (unpaired) electrons. The summed E-state index contributed by atoms with van der Waals surface area (Å²) in [6.07, 6.45) is 5.25. The molecule has 102 valence electrons. The highest BCUT2D eigenvalue weighted by molar-refractivity contribution is 6.30. The number of nitrogens with zero attached hydrogens (tertiary/aromatic N) is 3. The minimum atomic E-state index is 0.535. The van der Waals surface area contributed by atoms with Gasteiger partial charge in [-0.15, -0.1) is 0 Å². The van der Waals surface area contributed by atoms with Crippen LogP contribution in [0.15, 0.2) is 23.0 Å². The number of aryl methyl sites for hydroxylation is 1. The highest BCUT2D eigenvalue weighted by Crippen LogP contribution is 2.24. The summed E-state index contributed by atoms with van der Waals surface area (Å²) in [6.45, 7) is 4.78. The highest BCUT2D eigenvalue weighted by Gasteiger charge is 2.13. The summed E-state index contributed by atoms with van der Waals surface area (Å²) < 4.78 is 5.08. The van der Waals surface area contributed by atoms with Gasteiger partial charge < -0.3 is 9.32 Å². The zero-order chi connectivity index (χ0) is 13.8. The van der Waals surface area contributed by atoms with Crippen LogP contribution < -0.4 is 4.90 Å². The topological polar surface area (TPSA) is 42.2 Å². The molecule has 0 aromatic carbocycles. The molecule has 2 aromatic heterocycles. The molecule has 0 aliphatic rings. The largest absolute Gasteiger partial charge is 0.472 e. The third-order valence-corrected chi connectivity index (χ3v) is 3.31. The van der Waals surface area contributed by atoms with Crippen molar-refractivity contribution in [1.29, 1.82) is 0 Å². The van der Waals surface area contributed by atoms with E-state index in [0.717, 1.165) is 42.2 Å². The number of hydrogen-bond donors (Lipinski definition) is 0. The summed E-state index contributed by atoms with van der Waals surface area (Å²) in [7, 11) is 1.99. The summed E-state index contributed by atoms with van der Waals surface area (Å²) in [5.41, 5.74) is 2.01. The van der Waals surface area contributed by atoms with E-state index in [-0.39, 0.29) is 0 Å². The molecule has 0 amide bonds. The minimum absolute atomic E-state index is 0.535. The van der Waals surface area contributed by atoms with Crippen LogP contribution in [-0.2, 0) is 13.0 Å². The Morgan fingerprint density at radius 1 is 1.37 bits per heavy atom. The normalized spacial score (nSPS) is 10.7. The fourth-order valence-corrected chi connectivity index (χ4v) is 2.14. The van der Waals surface area contributed by atoms with Crippen LogP contribution in [0.25, 0.3) is 0 Å². The first-order valence-electron chi connectivity index (χ1n) is 6.37. The molecule has 2 aromatic rings. The van der Waals surface area contributed by atoms with E-state index >= 15 is 0 Å². The molecule has 0 saturated heterocycles. The van der Waals surface area contributed by atoms with Crippen molar-refractivity contribution in [2.24, 2.45) is 0 Å². The van der Waals surface area contributed by atoms with E-state index < -0.39 is 0 Å². The van der Waals surface area contributed by atoms with Crippen molar-refractivity contribution >= 4 is 17.4 Å². The molecule has 0 N–H and O–H groups in total. The SMILES string of the molecule is CCCc1nc(Cl)c(C)c(N(C)Cc2ccoc2)n1. The summed E-state index contributed by atoms with van der Waals surface area (Å²) in [5.74, 6) is 1.68. The summed E-state index contributed by atoms with van der Waals surface area (Å²) in [5, 5.41) is 0.535. The Balaban J connectivity index is 2.26. The van der Waals surface area contributed by atoms with E-state index in [9.17, 15) is 0 Å². The molecule has 19 heavy (non-hydrogen) atoms. The molecule has 0 aliphatic carbocycles. The first kappa shape index (κ1) is 13.9. The van der Waals surface area contributed by atoms with Crippen molar-refractivity contribution in [2.45, 2.75) is 33.2 Å². The van der Waals surface area contributed by atoms with Gasteiger partial charge in [0.1, 0.15) is 16.8 Å². The van der Waals surface area contributed by atoms with Crippen LogP contribution in [0.1, 0.15) is 30.3 Å². The molecule has 2 heterocycles. The van der Waals surface area contributed by atoms with Gasteiger partial charge in [0.15, 0.2) is 0 Å². The molecule has 4 nitrogen and oxygen atoms in total. The van der Waals surface area contributed by atoms with Gasteiger partial charge in [0.2, 0.25) is 0 Å². The molecule has 0 atom stereocenters.